The largest absolute Gasteiger partial charge is 0.463 e. The first-order chi connectivity index (χ1) is 6.06. The van der Waals surface area contributed by atoms with Crippen LogP contribution in [0.5, 0.6) is 0 Å². The monoisotopic (exact) mass is 326 g/mol. The molecule has 0 atom stereocenters. The van der Waals surface area contributed by atoms with Gasteiger partial charge in [-0.25, -0.2) is 4.79 Å². The molecule has 0 unspecified atom stereocenters. The van der Waals surface area contributed by atoms with E-state index in [0.717, 1.165) is 8.26 Å². The summed E-state index contributed by atoms with van der Waals surface area (Å²) in [5, 5.41) is 0. The van der Waals surface area contributed by atoms with Gasteiger partial charge in [0.05, 0.1) is 15.8 Å². The molecule has 0 bridgehead atoms. The summed E-state index contributed by atoms with van der Waals surface area (Å²) in [6.45, 7) is 0. The van der Waals surface area contributed by atoms with Gasteiger partial charge in [0.15, 0.2) is 0 Å². The van der Waals surface area contributed by atoms with Crippen molar-refractivity contribution < 1.29 is 14.3 Å². The smallest absolute Gasteiger partial charge is 0.380 e. The average Bonchev–Trinajstić information content (AvgIpc) is 2.44. The van der Waals surface area contributed by atoms with Crippen LogP contribution in [0.15, 0.2) is 14.3 Å². The Morgan fingerprint density at radius 2 is 2.08 bits per heavy atom. The molecular formula is C7H4Br2O3S. The fourth-order valence-corrected chi connectivity index (χ4v) is 2.61. The maximum atomic E-state index is 11.2. The minimum absolute atomic E-state index is 0.352. The van der Waals surface area contributed by atoms with Crippen molar-refractivity contribution in [1.29, 1.82) is 0 Å². The molecule has 0 saturated carbocycles. The standard InChI is InChI=1S/C7H4Br2O3S/c1-12-7(11)5(10)4-2-3(8)6(9)13-4/h2H,1H3. The normalized spacial score (nSPS) is 9.77. The summed E-state index contributed by atoms with van der Waals surface area (Å²) in [5.74, 6) is -1.47. The van der Waals surface area contributed by atoms with Crippen molar-refractivity contribution in [3.05, 3.63) is 19.2 Å². The van der Waals surface area contributed by atoms with E-state index in [1.54, 1.807) is 6.07 Å². The summed E-state index contributed by atoms with van der Waals surface area (Å²) in [5.41, 5.74) is 0. The second-order valence-corrected chi connectivity index (χ2v) is 5.28. The molecular weight excluding hydrogens is 324 g/mol. The predicted molar refractivity (Wildman–Crippen MR) is 56.1 cm³/mol. The van der Waals surface area contributed by atoms with Gasteiger partial charge in [-0.05, 0) is 37.9 Å². The third-order valence-electron chi connectivity index (χ3n) is 1.24. The zero-order valence-corrected chi connectivity index (χ0v) is 10.5. The van der Waals surface area contributed by atoms with Gasteiger partial charge in [-0.3, -0.25) is 4.79 Å². The zero-order chi connectivity index (χ0) is 10.0. The number of Topliss-reactive ketones (excluding diaryl/α,β-unsaturated/α-hetero) is 1. The van der Waals surface area contributed by atoms with Gasteiger partial charge in [-0.2, -0.15) is 0 Å². The SMILES string of the molecule is COC(=O)C(=O)c1cc(Br)c(Br)s1. The summed E-state index contributed by atoms with van der Waals surface area (Å²) < 4.78 is 5.84. The highest BCUT2D eigenvalue weighted by Gasteiger charge is 2.19. The van der Waals surface area contributed by atoms with E-state index in [2.05, 4.69) is 36.6 Å². The number of rotatable bonds is 2. The van der Waals surface area contributed by atoms with Gasteiger partial charge in [0.1, 0.15) is 0 Å². The van der Waals surface area contributed by atoms with Crippen molar-refractivity contribution in [2.75, 3.05) is 7.11 Å². The molecule has 0 aliphatic heterocycles. The van der Waals surface area contributed by atoms with Crippen molar-refractivity contribution in [3.63, 3.8) is 0 Å². The molecule has 0 spiro atoms. The molecule has 13 heavy (non-hydrogen) atoms. The molecule has 1 rings (SSSR count). The fraction of sp³-hybridized carbons (Fsp3) is 0.143. The van der Waals surface area contributed by atoms with Crippen molar-refractivity contribution in [2.24, 2.45) is 0 Å². The van der Waals surface area contributed by atoms with Crippen LogP contribution in [0, 0.1) is 0 Å². The van der Waals surface area contributed by atoms with Crippen LogP contribution >= 0.6 is 43.2 Å². The summed E-state index contributed by atoms with van der Waals surface area (Å²) in [7, 11) is 1.18. The van der Waals surface area contributed by atoms with Crippen LogP contribution in [0.1, 0.15) is 9.67 Å². The summed E-state index contributed by atoms with van der Waals surface area (Å²) in [6.07, 6.45) is 0. The first-order valence-electron chi connectivity index (χ1n) is 3.13. The van der Waals surface area contributed by atoms with E-state index in [1.807, 2.05) is 0 Å². The summed E-state index contributed by atoms with van der Waals surface area (Å²) in [4.78, 5) is 22.4. The van der Waals surface area contributed by atoms with Gasteiger partial charge in [0.25, 0.3) is 5.78 Å². The van der Waals surface area contributed by atoms with E-state index < -0.39 is 11.8 Å². The van der Waals surface area contributed by atoms with Crippen LogP contribution in [0.3, 0.4) is 0 Å². The Labute approximate surface area is 95.3 Å². The van der Waals surface area contributed by atoms with Crippen LogP contribution in [0.25, 0.3) is 0 Å². The predicted octanol–water partition coefficient (Wildman–Crippen LogP) is 2.63. The lowest BCUT2D eigenvalue weighted by Crippen LogP contribution is -2.13. The molecule has 0 amide bonds. The van der Waals surface area contributed by atoms with Crippen LogP contribution in [-0.4, -0.2) is 18.9 Å². The Bertz CT molecular complexity index is 339. The van der Waals surface area contributed by atoms with Crippen LogP contribution < -0.4 is 0 Å². The highest BCUT2D eigenvalue weighted by Crippen LogP contribution is 2.32. The second kappa shape index (κ2) is 4.34. The molecule has 1 heterocycles. The molecule has 70 valence electrons. The molecule has 0 fully saturated rings. The van der Waals surface area contributed by atoms with E-state index in [0.29, 0.717) is 4.88 Å². The van der Waals surface area contributed by atoms with E-state index in [4.69, 9.17) is 0 Å². The maximum Gasteiger partial charge on any atom is 0.380 e. The fourth-order valence-electron chi connectivity index (χ4n) is 0.652. The number of methoxy groups -OCH3 is 1. The third-order valence-corrected chi connectivity index (χ3v) is 4.49. The number of esters is 1. The average molecular weight is 328 g/mol. The Hall–Kier alpha value is -0.200. The first-order valence-corrected chi connectivity index (χ1v) is 5.54. The van der Waals surface area contributed by atoms with Gasteiger partial charge in [0, 0.05) is 4.47 Å². The molecule has 0 aliphatic carbocycles. The second-order valence-electron chi connectivity index (χ2n) is 2.05. The van der Waals surface area contributed by atoms with E-state index in [1.165, 1.54) is 18.4 Å². The number of hydrogen-bond donors (Lipinski definition) is 0. The topological polar surface area (TPSA) is 43.4 Å². The van der Waals surface area contributed by atoms with Gasteiger partial charge in [-0.15, -0.1) is 11.3 Å². The van der Waals surface area contributed by atoms with Crippen molar-refractivity contribution in [3.8, 4) is 0 Å². The van der Waals surface area contributed by atoms with Crippen LogP contribution in [-0.2, 0) is 9.53 Å². The van der Waals surface area contributed by atoms with Gasteiger partial charge >= 0.3 is 5.97 Å². The Morgan fingerprint density at radius 3 is 2.46 bits per heavy atom. The van der Waals surface area contributed by atoms with Crippen LogP contribution in [0.4, 0.5) is 0 Å². The minimum Gasteiger partial charge on any atom is -0.463 e. The Morgan fingerprint density at radius 1 is 1.46 bits per heavy atom. The lowest BCUT2D eigenvalue weighted by molar-refractivity contribution is -0.135. The maximum absolute atomic E-state index is 11.2. The summed E-state index contributed by atoms with van der Waals surface area (Å²) in [6, 6.07) is 1.58. The van der Waals surface area contributed by atoms with Gasteiger partial charge in [-0.1, -0.05) is 0 Å². The Balaban J connectivity index is 2.96. The third kappa shape index (κ3) is 2.38. The van der Waals surface area contributed by atoms with Crippen LogP contribution in [0.2, 0.25) is 0 Å². The van der Waals surface area contributed by atoms with Crippen molar-refractivity contribution >= 4 is 54.9 Å². The molecule has 0 N–H and O–H groups in total. The minimum atomic E-state index is -0.846. The molecule has 6 heteroatoms. The van der Waals surface area contributed by atoms with Gasteiger partial charge < -0.3 is 4.74 Å². The first kappa shape index (κ1) is 10.9. The number of halogens is 2. The highest BCUT2D eigenvalue weighted by atomic mass is 79.9. The molecule has 0 radical (unpaired) electrons. The molecule has 0 aliphatic rings. The number of thiophene rings is 1. The Kier molecular flexibility index (Phi) is 3.63. The zero-order valence-electron chi connectivity index (χ0n) is 6.47. The van der Waals surface area contributed by atoms with Crippen molar-refractivity contribution in [1.82, 2.24) is 0 Å². The quantitative estimate of drug-likeness (QED) is 0.476. The van der Waals surface area contributed by atoms with E-state index >= 15 is 0 Å². The van der Waals surface area contributed by atoms with Crippen molar-refractivity contribution in [2.45, 2.75) is 0 Å². The highest BCUT2D eigenvalue weighted by molar-refractivity contribution is 9.13. The van der Waals surface area contributed by atoms with E-state index in [9.17, 15) is 9.59 Å². The number of ketones is 1. The number of hydrogen-bond acceptors (Lipinski definition) is 4. The lowest BCUT2D eigenvalue weighted by Gasteiger charge is -1.92. The number of carbonyl (C=O) groups is 2. The molecule has 0 saturated heterocycles. The molecule has 1 aromatic rings. The molecule has 3 nitrogen and oxygen atoms in total. The van der Waals surface area contributed by atoms with E-state index in [-0.39, 0.29) is 0 Å². The molecule has 1 aromatic heterocycles. The van der Waals surface area contributed by atoms with Gasteiger partial charge in [0.2, 0.25) is 0 Å². The summed E-state index contributed by atoms with van der Waals surface area (Å²) >= 11 is 7.62. The molecule has 0 aromatic carbocycles. The number of ether oxygens (including phenoxy) is 1. The lowest BCUT2D eigenvalue weighted by atomic mass is 10.3. The number of carbonyl (C=O) groups excluding carboxylic acids is 2.